The number of anilines is 1. The van der Waals surface area contributed by atoms with E-state index in [9.17, 15) is 9.18 Å². The van der Waals surface area contributed by atoms with Crippen molar-refractivity contribution in [2.45, 2.75) is 12.8 Å². The van der Waals surface area contributed by atoms with Gasteiger partial charge in [0.25, 0.3) is 0 Å². The van der Waals surface area contributed by atoms with E-state index < -0.39 is 6.03 Å². The van der Waals surface area contributed by atoms with Gasteiger partial charge < -0.3 is 25.1 Å². The lowest BCUT2D eigenvalue weighted by Crippen LogP contribution is -2.32. The number of ether oxygens (including phenoxy) is 2. The molecule has 1 heterocycles. The number of amides is 2. The summed E-state index contributed by atoms with van der Waals surface area (Å²) >= 11 is 0. The van der Waals surface area contributed by atoms with Crippen LogP contribution in [0.5, 0.6) is 11.5 Å². The Labute approximate surface area is 191 Å². The van der Waals surface area contributed by atoms with Gasteiger partial charge in [-0.1, -0.05) is 30.3 Å². The van der Waals surface area contributed by atoms with Crippen LogP contribution in [0, 0.1) is 12.7 Å². The second kappa shape index (κ2) is 9.65. The van der Waals surface area contributed by atoms with E-state index in [4.69, 9.17) is 9.47 Å². The first kappa shape index (κ1) is 22.2. The second-order valence-electron chi connectivity index (χ2n) is 7.76. The Kier molecular flexibility index (Phi) is 6.49. The molecule has 2 amide bonds. The smallest absolute Gasteiger partial charge is 0.319 e. The van der Waals surface area contributed by atoms with Gasteiger partial charge >= 0.3 is 6.03 Å². The van der Waals surface area contributed by atoms with Gasteiger partial charge in [-0.25, -0.2) is 9.18 Å². The van der Waals surface area contributed by atoms with Crippen LogP contribution in [0.1, 0.15) is 22.6 Å². The molecule has 3 aromatic carbocycles. The molecule has 0 aliphatic rings. The summed E-state index contributed by atoms with van der Waals surface area (Å²) < 4.78 is 24.7. The van der Waals surface area contributed by atoms with Gasteiger partial charge in [0.2, 0.25) is 0 Å². The number of para-hydroxylation sites is 1. The molecule has 0 bridgehead atoms. The molecule has 0 fully saturated rings. The zero-order valence-corrected chi connectivity index (χ0v) is 18.7. The minimum absolute atomic E-state index is 0.165. The summed E-state index contributed by atoms with van der Waals surface area (Å²) in [6, 6.07) is 17.9. The van der Waals surface area contributed by atoms with E-state index in [1.54, 1.807) is 33.3 Å². The first-order valence-corrected chi connectivity index (χ1v) is 10.6. The number of fused-ring (bicyclic) bond motifs is 1. The highest BCUT2D eigenvalue weighted by Gasteiger charge is 2.21. The summed E-state index contributed by atoms with van der Waals surface area (Å²) in [6.45, 7) is 1.99. The van der Waals surface area contributed by atoms with Crippen LogP contribution in [-0.2, 0) is 0 Å². The first-order chi connectivity index (χ1) is 16.0. The van der Waals surface area contributed by atoms with Gasteiger partial charge in [0, 0.05) is 35.2 Å². The summed E-state index contributed by atoms with van der Waals surface area (Å²) in [5, 5.41) is 6.69. The number of carbonyl (C=O) groups is 1. The van der Waals surface area contributed by atoms with Gasteiger partial charge in [0.15, 0.2) is 11.5 Å². The van der Waals surface area contributed by atoms with Crippen molar-refractivity contribution in [3.63, 3.8) is 0 Å². The van der Waals surface area contributed by atoms with Gasteiger partial charge in [-0.2, -0.15) is 0 Å². The van der Waals surface area contributed by atoms with Crippen LogP contribution in [0.3, 0.4) is 0 Å². The molecule has 1 atom stereocenters. The molecule has 0 radical (unpaired) electrons. The number of hydrogen-bond acceptors (Lipinski definition) is 3. The molecule has 4 aromatic rings. The van der Waals surface area contributed by atoms with E-state index >= 15 is 0 Å². The number of hydrogen-bond donors (Lipinski definition) is 3. The lowest BCUT2D eigenvalue weighted by molar-refractivity contribution is 0.252. The zero-order valence-electron chi connectivity index (χ0n) is 18.7. The van der Waals surface area contributed by atoms with Gasteiger partial charge in [0.05, 0.1) is 14.2 Å². The number of H-pyrrole nitrogens is 1. The standard InChI is InChI=1S/C26H26FN3O3/c1-16-8-10-18(13-22(16)27)30-26(31)29-14-20(17-9-11-24(32-2)25(12-17)33-3)21-15-28-23-7-5-4-6-19(21)23/h4-13,15,20,28H,14H2,1-3H3,(H2,29,30,31)/t20-/m1/s1. The van der Waals surface area contributed by atoms with Crippen LogP contribution >= 0.6 is 0 Å². The molecule has 170 valence electrons. The summed E-state index contributed by atoms with van der Waals surface area (Å²) in [5.41, 5.74) is 3.93. The van der Waals surface area contributed by atoms with Gasteiger partial charge in [-0.05, 0) is 53.9 Å². The highest BCUT2D eigenvalue weighted by molar-refractivity contribution is 5.89. The van der Waals surface area contributed by atoms with Crippen LogP contribution < -0.4 is 20.1 Å². The minimum atomic E-state index is -0.413. The van der Waals surface area contributed by atoms with E-state index in [2.05, 4.69) is 15.6 Å². The van der Waals surface area contributed by atoms with Gasteiger partial charge in [-0.15, -0.1) is 0 Å². The summed E-state index contributed by atoms with van der Waals surface area (Å²) in [5.74, 6) is 0.710. The zero-order chi connectivity index (χ0) is 23.4. The molecule has 6 nitrogen and oxygen atoms in total. The molecule has 0 spiro atoms. The van der Waals surface area contributed by atoms with Crippen LogP contribution in [0.15, 0.2) is 66.9 Å². The molecular formula is C26H26FN3O3. The molecule has 33 heavy (non-hydrogen) atoms. The maximum absolute atomic E-state index is 13.8. The average molecular weight is 448 g/mol. The molecule has 0 aliphatic carbocycles. The summed E-state index contributed by atoms with van der Waals surface area (Å²) in [7, 11) is 3.18. The third-order valence-electron chi connectivity index (χ3n) is 5.70. The summed E-state index contributed by atoms with van der Waals surface area (Å²) in [4.78, 5) is 15.9. The Hall–Kier alpha value is -4.00. The lowest BCUT2D eigenvalue weighted by atomic mass is 9.90. The molecule has 1 aromatic heterocycles. The quantitative estimate of drug-likeness (QED) is 0.346. The third-order valence-corrected chi connectivity index (χ3v) is 5.70. The number of aromatic amines is 1. The number of aromatic nitrogens is 1. The SMILES string of the molecule is COc1ccc([C@@H](CNC(=O)Nc2ccc(C)c(F)c2)c2c[nH]c3ccccc23)cc1OC. The topological polar surface area (TPSA) is 75.4 Å². The van der Waals surface area contributed by atoms with E-state index in [1.807, 2.05) is 48.7 Å². The van der Waals surface area contributed by atoms with Crippen molar-refractivity contribution >= 4 is 22.6 Å². The number of benzene rings is 3. The molecule has 3 N–H and O–H groups in total. The molecular weight excluding hydrogens is 421 g/mol. The molecule has 0 saturated heterocycles. The maximum atomic E-state index is 13.8. The van der Waals surface area contributed by atoms with Crippen molar-refractivity contribution in [1.82, 2.24) is 10.3 Å². The van der Waals surface area contributed by atoms with Crippen molar-refractivity contribution in [2.75, 3.05) is 26.1 Å². The van der Waals surface area contributed by atoms with Crippen molar-refractivity contribution in [3.8, 4) is 11.5 Å². The molecule has 7 heteroatoms. The molecule has 0 unspecified atom stereocenters. The van der Waals surface area contributed by atoms with Crippen LogP contribution in [0.2, 0.25) is 0 Å². The molecule has 4 rings (SSSR count). The minimum Gasteiger partial charge on any atom is -0.493 e. The Balaban J connectivity index is 1.62. The number of aryl methyl sites for hydroxylation is 1. The monoisotopic (exact) mass is 447 g/mol. The molecule has 0 aliphatic heterocycles. The van der Waals surface area contributed by atoms with E-state index in [0.29, 0.717) is 29.3 Å². The fourth-order valence-corrected chi connectivity index (χ4v) is 3.90. The predicted molar refractivity (Wildman–Crippen MR) is 128 cm³/mol. The van der Waals surface area contributed by atoms with Crippen molar-refractivity contribution in [3.05, 3.63) is 89.4 Å². The fourth-order valence-electron chi connectivity index (χ4n) is 3.90. The average Bonchev–Trinajstić information content (AvgIpc) is 3.25. The van der Waals surface area contributed by atoms with Crippen LogP contribution in [-0.4, -0.2) is 31.8 Å². The Bertz CT molecular complexity index is 1290. The van der Waals surface area contributed by atoms with Gasteiger partial charge in [-0.3, -0.25) is 0 Å². The highest BCUT2D eigenvalue weighted by atomic mass is 19.1. The first-order valence-electron chi connectivity index (χ1n) is 10.6. The van der Waals surface area contributed by atoms with Crippen molar-refractivity contribution in [2.24, 2.45) is 0 Å². The van der Waals surface area contributed by atoms with Crippen molar-refractivity contribution in [1.29, 1.82) is 0 Å². The Morgan fingerprint density at radius 2 is 1.82 bits per heavy atom. The number of rotatable bonds is 7. The number of urea groups is 1. The van der Waals surface area contributed by atoms with Crippen LogP contribution in [0.4, 0.5) is 14.9 Å². The van der Waals surface area contributed by atoms with E-state index in [-0.39, 0.29) is 11.7 Å². The number of methoxy groups -OCH3 is 2. The van der Waals surface area contributed by atoms with E-state index in [0.717, 1.165) is 22.0 Å². The largest absolute Gasteiger partial charge is 0.493 e. The second-order valence-corrected chi connectivity index (χ2v) is 7.76. The maximum Gasteiger partial charge on any atom is 0.319 e. The van der Waals surface area contributed by atoms with Crippen molar-refractivity contribution < 1.29 is 18.7 Å². The van der Waals surface area contributed by atoms with E-state index in [1.165, 1.54) is 6.07 Å². The Morgan fingerprint density at radius 1 is 1.03 bits per heavy atom. The normalized spacial score (nSPS) is 11.8. The summed E-state index contributed by atoms with van der Waals surface area (Å²) in [6.07, 6.45) is 1.96. The van der Waals surface area contributed by atoms with Gasteiger partial charge in [0.1, 0.15) is 5.82 Å². The predicted octanol–water partition coefficient (Wildman–Crippen LogP) is 5.59. The third kappa shape index (κ3) is 4.77. The fraction of sp³-hybridized carbons (Fsp3) is 0.192. The molecule has 0 saturated carbocycles. The Morgan fingerprint density at radius 3 is 2.58 bits per heavy atom. The lowest BCUT2D eigenvalue weighted by Gasteiger charge is -2.20. The number of halogens is 1. The highest BCUT2D eigenvalue weighted by Crippen LogP contribution is 2.35. The van der Waals surface area contributed by atoms with Crippen LogP contribution in [0.25, 0.3) is 10.9 Å². The number of carbonyl (C=O) groups excluding carboxylic acids is 1. The number of nitrogens with one attached hydrogen (secondary N) is 3.